The van der Waals surface area contributed by atoms with Gasteiger partial charge in [0.2, 0.25) is 0 Å². The average molecular weight is 1190 g/mol. The van der Waals surface area contributed by atoms with Gasteiger partial charge >= 0.3 is 6.09 Å². The Labute approximate surface area is 517 Å². The minimum atomic E-state index is -1.27. The lowest BCUT2D eigenvalue weighted by Gasteiger charge is -2.49. The SMILES string of the molecule is O=C(OCc1ccccc1)N(CCCCCO[C@@H]1O[C@H](COCc2ccccc2)[C@@H](O[C@@H]2O[C@H](COCc3ccccc3)[C@H](OCc3ccccc3)[C@H](O)[C@H]2OCc2ccccc2)[C@H](OCc2ccccc2)[C@H]1OCc1ccccc1)Cc1ccccc1. The Morgan fingerprint density at radius 1 is 0.364 bits per heavy atom. The largest absolute Gasteiger partial charge is 0.445 e. The van der Waals surface area contributed by atoms with Crippen LogP contribution in [0.4, 0.5) is 4.79 Å². The molecule has 0 saturated carbocycles. The van der Waals surface area contributed by atoms with Crippen molar-refractivity contribution in [3.05, 3.63) is 287 Å². The second kappa shape index (κ2) is 35.0. The van der Waals surface area contributed by atoms with Crippen LogP contribution in [-0.2, 0) is 105 Å². The van der Waals surface area contributed by atoms with Crippen molar-refractivity contribution < 1.29 is 62.0 Å². The van der Waals surface area contributed by atoms with Gasteiger partial charge in [-0.1, -0.05) is 243 Å². The van der Waals surface area contributed by atoms with Gasteiger partial charge in [0.1, 0.15) is 55.4 Å². The van der Waals surface area contributed by atoms with E-state index in [-0.39, 0.29) is 58.9 Å². The van der Waals surface area contributed by atoms with Crippen molar-refractivity contribution in [1.29, 1.82) is 0 Å². The van der Waals surface area contributed by atoms with Crippen LogP contribution in [0.1, 0.15) is 63.8 Å². The number of amides is 1. The van der Waals surface area contributed by atoms with E-state index in [0.717, 1.165) is 50.9 Å². The number of benzene rings is 8. The molecule has 2 aliphatic heterocycles. The summed E-state index contributed by atoms with van der Waals surface area (Å²) in [6.07, 6.45) is -8.24. The quantitative estimate of drug-likeness (QED) is 0.0390. The van der Waals surface area contributed by atoms with Gasteiger partial charge < -0.3 is 62.1 Å². The molecule has 2 heterocycles. The first-order chi connectivity index (χ1) is 43.5. The van der Waals surface area contributed by atoms with Gasteiger partial charge in [0, 0.05) is 19.7 Å². The van der Waals surface area contributed by atoms with Gasteiger partial charge in [-0.3, -0.25) is 0 Å². The highest BCUT2D eigenvalue weighted by atomic mass is 16.8. The Morgan fingerprint density at radius 3 is 1.18 bits per heavy atom. The molecule has 10 rings (SSSR count). The van der Waals surface area contributed by atoms with Gasteiger partial charge in [0.25, 0.3) is 0 Å². The zero-order chi connectivity index (χ0) is 60.2. The van der Waals surface area contributed by atoms with Crippen molar-refractivity contribution in [2.24, 2.45) is 0 Å². The van der Waals surface area contributed by atoms with E-state index in [1.165, 1.54) is 0 Å². The highest BCUT2D eigenvalue weighted by molar-refractivity contribution is 5.67. The number of aliphatic hydroxyl groups excluding tert-OH is 1. The molecule has 14 heteroatoms. The zero-order valence-corrected chi connectivity index (χ0v) is 49.8. The van der Waals surface area contributed by atoms with Crippen LogP contribution in [0.3, 0.4) is 0 Å². The first-order valence-electron chi connectivity index (χ1n) is 30.6. The molecule has 0 spiro atoms. The summed E-state index contributed by atoms with van der Waals surface area (Å²) in [6.45, 7) is 2.76. The Bertz CT molecular complexity index is 3160. The Hall–Kier alpha value is -7.41. The summed E-state index contributed by atoms with van der Waals surface area (Å²) in [5.41, 5.74) is 7.57. The standard InChI is InChI=1S/C74H81NO13/c76-66-67(81-49-59-34-16-4-17-35-59)64(54-78-47-57-30-12-2-13-31-57)87-73(69(66)82-50-60-36-18-5-19-37-60)88-68-65(55-79-48-58-32-14-3-15-33-58)86-72(71(84-52-62-40-22-7-23-41-62)70(68)83-51-61-38-20-6-21-39-61)80-45-27-9-26-44-75(46-56-28-10-1-11-29-56)74(77)85-53-63-42-24-8-25-43-63/h1-8,10-25,28-43,64-73,76H,9,26-27,44-55H2/t64-,65-,66+,67+,68-,69-,70+,71-,72-,73+/m1/s1. The van der Waals surface area contributed by atoms with Crippen LogP contribution in [-0.4, -0.2) is 104 Å². The van der Waals surface area contributed by atoms with E-state index in [9.17, 15) is 9.90 Å². The fourth-order valence-corrected chi connectivity index (χ4v) is 10.8. The molecule has 8 aromatic rings. The molecule has 1 amide bonds. The molecule has 2 saturated heterocycles. The lowest BCUT2D eigenvalue weighted by atomic mass is 9.96. The molecular formula is C74H81NO13. The maximum absolute atomic E-state index is 13.7. The van der Waals surface area contributed by atoms with Gasteiger partial charge in [-0.15, -0.1) is 0 Å². The molecule has 0 aromatic heterocycles. The van der Waals surface area contributed by atoms with E-state index >= 15 is 0 Å². The van der Waals surface area contributed by atoms with E-state index < -0.39 is 61.4 Å². The van der Waals surface area contributed by atoms with Crippen molar-refractivity contribution in [1.82, 2.24) is 4.90 Å². The minimum Gasteiger partial charge on any atom is -0.445 e. The van der Waals surface area contributed by atoms with E-state index in [1.54, 1.807) is 4.90 Å². The smallest absolute Gasteiger partial charge is 0.410 e. The summed E-state index contributed by atoms with van der Waals surface area (Å²) in [6, 6.07) is 79.0. The van der Waals surface area contributed by atoms with E-state index in [2.05, 4.69) is 0 Å². The predicted octanol–water partition coefficient (Wildman–Crippen LogP) is 13.0. The van der Waals surface area contributed by atoms with E-state index in [4.69, 9.17) is 52.1 Å². The molecule has 460 valence electrons. The predicted molar refractivity (Wildman–Crippen MR) is 334 cm³/mol. The third-order valence-electron chi connectivity index (χ3n) is 15.5. The number of aliphatic hydroxyl groups is 1. The highest BCUT2D eigenvalue weighted by Gasteiger charge is 2.54. The maximum Gasteiger partial charge on any atom is 0.410 e. The lowest BCUT2D eigenvalue weighted by Crippen LogP contribution is -2.66. The number of hydrogen-bond acceptors (Lipinski definition) is 13. The van der Waals surface area contributed by atoms with Crippen LogP contribution < -0.4 is 0 Å². The van der Waals surface area contributed by atoms with Gasteiger partial charge in [0.05, 0.1) is 52.9 Å². The molecule has 8 aromatic carbocycles. The highest BCUT2D eigenvalue weighted by Crippen LogP contribution is 2.36. The fourth-order valence-electron chi connectivity index (χ4n) is 10.8. The van der Waals surface area contributed by atoms with Crippen molar-refractivity contribution in [2.75, 3.05) is 26.4 Å². The molecule has 2 fully saturated rings. The van der Waals surface area contributed by atoms with Crippen LogP contribution >= 0.6 is 0 Å². The summed E-state index contributed by atoms with van der Waals surface area (Å²) in [4.78, 5) is 15.4. The number of hydrogen-bond donors (Lipinski definition) is 1. The molecule has 0 bridgehead atoms. The number of unbranched alkanes of at least 4 members (excludes halogenated alkanes) is 2. The Kier molecular flexibility index (Phi) is 25.3. The second-order valence-electron chi connectivity index (χ2n) is 22.1. The second-order valence-corrected chi connectivity index (χ2v) is 22.1. The molecule has 1 N–H and O–H groups in total. The van der Waals surface area contributed by atoms with Gasteiger partial charge in [-0.05, 0) is 63.8 Å². The average Bonchev–Trinajstić information content (AvgIpc) is 3.70. The van der Waals surface area contributed by atoms with Crippen molar-refractivity contribution in [3.8, 4) is 0 Å². The molecule has 10 atom stereocenters. The maximum atomic E-state index is 13.7. The minimum absolute atomic E-state index is 0.0465. The number of ether oxygens (including phenoxy) is 11. The fraction of sp³-hybridized carbons (Fsp3) is 0.338. The third-order valence-corrected chi connectivity index (χ3v) is 15.5. The summed E-state index contributed by atoms with van der Waals surface area (Å²) in [7, 11) is 0. The lowest BCUT2D eigenvalue weighted by molar-refractivity contribution is -0.375. The van der Waals surface area contributed by atoms with Crippen molar-refractivity contribution in [2.45, 2.75) is 133 Å². The van der Waals surface area contributed by atoms with Crippen LogP contribution in [0, 0.1) is 0 Å². The number of carbonyl (C=O) groups is 1. The monoisotopic (exact) mass is 1190 g/mol. The third kappa shape index (κ3) is 19.8. The molecule has 88 heavy (non-hydrogen) atoms. The zero-order valence-electron chi connectivity index (χ0n) is 49.8. The summed E-state index contributed by atoms with van der Waals surface area (Å²) in [5.74, 6) is 0. The van der Waals surface area contributed by atoms with Crippen molar-refractivity contribution >= 4 is 6.09 Å². The van der Waals surface area contributed by atoms with Crippen LogP contribution in [0.15, 0.2) is 243 Å². The normalized spacial score (nSPS) is 21.8. The summed E-state index contributed by atoms with van der Waals surface area (Å²) < 4.78 is 75.0. The summed E-state index contributed by atoms with van der Waals surface area (Å²) in [5, 5.41) is 12.9. The number of rotatable bonds is 33. The Balaban J connectivity index is 0.937. The molecule has 0 unspecified atom stereocenters. The molecule has 0 aliphatic carbocycles. The molecular weight excluding hydrogens is 1110 g/mol. The number of nitrogens with zero attached hydrogens (tertiary/aromatic N) is 1. The first-order valence-corrected chi connectivity index (χ1v) is 30.6. The van der Waals surface area contributed by atoms with Crippen molar-refractivity contribution in [3.63, 3.8) is 0 Å². The topological polar surface area (TPSA) is 142 Å². The van der Waals surface area contributed by atoms with Gasteiger partial charge in [-0.25, -0.2) is 4.79 Å². The van der Waals surface area contributed by atoms with Crippen LogP contribution in [0.25, 0.3) is 0 Å². The molecule has 2 aliphatic rings. The van der Waals surface area contributed by atoms with E-state index in [0.29, 0.717) is 39.1 Å². The Morgan fingerprint density at radius 2 is 0.727 bits per heavy atom. The first kappa shape index (κ1) is 63.6. The van der Waals surface area contributed by atoms with Crippen LogP contribution in [0.5, 0.6) is 0 Å². The van der Waals surface area contributed by atoms with Gasteiger partial charge in [-0.2, -0.15) is 0 Å². The van der Waals surface area contributed by atoms with Gasteiger partial charge in [0.15, 0.2) is 12.6 Å². The number of carbonyl (C=O) groups excluding carboxylic acids is 1. The van der Waals surface area contributed by atoms with E-state index in [1.807, 2.05) is 243 Å². The molecule has 14 nitrogen and oxygen atoms in total. The molecule has 0 radical (unpaired) electrons. The van der Waals surface area contributed by atoms with Crippen LogP contribution in [0.2, 0.25) is 0 Å². The summed E-state index contributed by atoms with van der Waals surface area (Å²) >= 11 is 0.